The van der Waals surface area contributed by atoms with Crippen molar-refractivity contribution in [2.75, 3.05) is 12.1 Å². The topological polar surface area (TPSA) is 82.5 Å². The number of ether oxygens (including phenoxy) is 2. The lowest BCUT2D eigenvalue weighted by atomic mass is 10.1. The largest absolute Gasteiger partial charge is 0.454 e. The smallest absolute Gasteiger partial charge is 0.255 e. The van der Waals surface area contributed by atoms with E-state index in [1.807, 2.05) is 36.7 Å². The van der Waals surface area contributed by atoms with Gasteiger partial charge in [-0.15, -0.1) is 0 Å². The van der Waals surface area contributed by atoms with Gasteiger partial charge in [-0.2, -0.15) is 5.10 Å². The van der Waals surface area contributed by atoms with Gasteiger partial charge in [0.2, 0.25) is 6.79 Å². The number of Topliss-reactive ketones (excluding diaryl/α,β-unsaturated/α-hetero) is 1. The molecule has 1 amide bonds. The maximum atomic E-state index is 12.7. The van der Waals surface area contributed by atoms with Crippen molar-refractivity contribution in [3.63, 3.8) is 0 Å². The lowest BCUT2D eigenvalue weighted by Crippen LogP contribution is -2.14. The first-order valence-corrected chi connectivity index (χ1v) is 8.82. The van der Waals surface area contributed by atoms with Gasteiger partial charge in [0.15, 0.2) is 17.3 Å². The van der Waals surface area contributed by atoms with Crippen molar-refractivity contribution in [1.29, 1.82) is 0 Å². The highest BCUT2D eigenvalue weighted by atomic mass is 16.7. The van der Waals surface area contributed by atoms with Gasteiger partial charge in [0.05, 0.1) is 17.1 Å². The van der Waals surface area contributed by atoms with Gasteiger partial charge in [-0.1, -0.05) is 0 Å². The summed E-state index contributed by atoms with van der Waals surface area (Å²) < 4.78 is 12.5. The minimum absolute atomic E-state index is 0.0951. The highest BCUT2D eigenvalue weighted by Gasteiger charge is 2.20. The maximum absolute atomic E-state index is 12.7. The molecule has 142 valence electrons. The van der Waals surface area contributed by atoms with Crippen LogP contribution in [0.25, 0.3) is 5.69 Å². The van der Waals surface area contributed by atoms with E-state index in [4.69, 9.17) is 9.47 Å². The molecule has 0 spiro atoms. The average molecular weight is 377 g/mol. The molecule has 3 aromatic rings. The van der Waals surface area contributed by atoms with E-state index in [-0.39, 0.29) is 18.5 Å². The van der Waals surface area contributed by atoms with Crippen LogP contribution >= 0.6 is 0 Å². The summed E-state index contributed by atoms with van der Waals surface area (Å²) >= 11 is 0. The maximum Gasteiger partial charge on any atom is 0.255 e. The van der Waals surface area contributed by atoms with Crippen LogP contribution in [0.15, 0.2) is 42.5 Å². The molecule has 0 bridgehead atoms. The summed E-state index contributed by atoms with van der Waals surface area (Å²) in [6, 6.07) is 12.3. The van der Waals surface area contributed by atoms with E-state index in [2.05, 4.69) is 10.4 Å². The van der Waals surface area contributed by atoms with Crippen LogP contribution in [0.4, 0.5) is 5.69 Å². The molecule has 0 radical (unpaired) electrons. The molecule has 2 heterocycles. The van der Waals surface area contributed by atoms with E-state index < -0.39 is 0 Å². The number of benzene rings is 2. The minimum atomic E-state index is -0.318. The Morgan fingerprint density at radius 3 is 2.32 bits per heavy atom. The molecule has 7 heteroatoms. The van der Waals surface area contributed by atoms with Crippen molar-refractivity contribution in [2.45, 2.75) is 20.8 Å². The first kappa shape index (κ1) is 17.8. The first-order valence-electron chi connectivity index (χ1n) is 8.82. The molecule has 1 N–H and O–H groups in total. The third-order valence-electron chi connectivity index (χ3n) is 4.52. The number of aromatic nitrogens is 2. The van der Waals surface area contributed by atoms with Gasteiger partial charge in [-0.25, -0.2) is 4.68 Å². The van der Waals surface area contributed by atoms with E-state index in [1.165, 1.54) is 6.92 Å². The number of anilines is 1. The van der Waals surface area contributed by atoms with Crippen LogP contribution in [0.1, 0.15) is 39.0 Å². The summed E-state index contributed by atoms with van der Waals surface area (Å²) in [6.45, 7) is 5.45. The number of rotatable bonds is 4. The Labute approximate surface area is 161 Å². The molecule has 1 aromatic heterocycles. The van der Waals surface area contributed by atoms with Gasteiger partial charge in [0.1, 0.15) is 0 Å². The standard InChI is InChI=1S/C21H19N3O4/c1-12-8-13(2)24(23-12)16-6-4-15(5-7-16)21(26)22-18-10-20-19(27-11-28-20)9-17(18)14(3)25/h4-10H,11H2,1-3H3,(H,22,26). The van der Waals surface area contributed by atoms with Crippen LogP contribution < -0.4 is 14.8 Å². The molecule has 2 aromatic carbocycles. The monoisotopic (exact) mass is 377 g/mol. The van der Waals surface area contributed by atoms with Crippen LogP contribution in [-0.2, 0) is 0 Å². The molecular weight excluding hydrogens is 358 g/mol. The molecule has 0 fully saturated rings. The quantitative estimate of drug-likeness (QED) is 0.702. The highest BCUT2D eigenvalue weighted by molar-refractivity contribution is 6.09. The summed E-state index contributed by atoms with van der Waals surface area (Å²) in [7, 11) is 0. The summed E-state index contributed by atoms with van der Waals surface area (Å²) in [6.07, 6.45) is 0. The molecule has 0 aliphatic carbocycles. The Morgan fingerprint density at radius 1 is 1.04 bits per heavy atom. The number of fused-ring (bicyclic) bond motifs is 1. The van der Waals surface area contributed by atoms with Gasteiger partial charge in [0.25, 0.3) is 5.91 Å². The Kier molecular flexibility index (Phi) is 4.35. The van der Waals surface area contributed by atoms with Crippen molar-refractivity contribution in [3.05, 3.63) is 65.0 Å². The van der Waals surface area contributed by atoms with Crippen molar-refractivity contribution in [1.82, 2.24) is 9.78 Å². The number of nitrogens with zero attached hydrogens (tertiary/aromatic N) is 2. The summed E-state index contributed by atoms with van der Waals surface area (Å²) in [5.74, 6) is 0.507. The number of aryl methyl sites for hydroxylation is 2. The first-order chi connectivity index (χ1) is 13.4. The number of carbonyl (C=O) groups is 2. The zero-order chi connectivity index (χ0) is 19.8. The molecule has 28 heavy (non-hydrogen) atoms. The molecule has 1 aliphatic heterocycles. The van der Waals surface area contributed by atoms with Crippen LogP contribution in [0, 0.1) is 13.8 Å². The fourth-order valence-corrected chi connectivity index (χ4v) is 3.18. The second-order valence-electron chi connectivity index (χ2n) is 6.65. The number of carbonyl (C=O) groups excluding carboxylic acids is 2. The number of hydrogen-bond donors (Lipinski definition) is 1. The Hall–Kier alpha value is -3.61. The molecule has 1 aliphatic rings. The molecule has 0 saturated heterocycles. The molecule has 4 rings (SSSR count). The molecule has 7 nitrogen and oxygen atoms in total. The van der Waals surface area contributed by atoms with Gasteiger partial charge in [-0.3, -0.25) is 9.59 Å². The average Bonchev–Trinajstić information content (AvgIpc) is 3.26. The number of ketones is 1. The fourth-order valence-electron chi connectivity index (χ4n) is 3.18. The van der Waals surface area contributed by atoms with Crippen molar-refractivity contribution in [2.24, 2.45) is 0 Å². The zero-order valence-electron chi connectivity index (χ0n) is 15.8. The molecule has 0 saturated carbocycles. The SMILES string of the molecule is CC(=O)c1cc2c(cc1NC(=O)c1ccc(-n3nc(C)cc3C)cc1)OCO2. The zero-order valence-corrected chi connectivity index (χ0v) is 15.8. The number of amides is 1. The third-order valence-corrected chi connectivity index (χ3v) is 4.52. The van der Waals surface area contributed by atoms with Crippen LogP contribution in [0.3, 0.4) is 0 Å². The van der Waals surface area contributed by atoms with Crippen molar-refractivity contribution in [3.8, 4) is 17.2 Å². The second kappa shape index (κ2) is 6.84. The van der Waals surface area contributed by atoms with E-state index in [0.717, 1.165) is 17.1 Å². The molecule has 0 atom stereocenters. The second-order valence-corrected chi connectivity index (χ2v) is 6.65. The molecule has 0 unspecified atom stereocenters. The van der Waals surface area contributed by atoms with E-state index in [1.54, 1.807) is 24.3 Å². The predicted molar refractivity (Wildman–Crippen MR) is 104 cm³/mol. The summed E-state index contributed by atoms with van der Waals surface area (Å²) in [5, 5.41) is 7.23. The van der Waals surface area contributed by atoms with Gasteiger partial charge < -0.3 is 14.8 Å². The Balaban J connectivity index is 1.59. The minimum Gasteiger partial charge on any atom is -0.454 e. The van der Waals surface area contributed by atoms with Crippen molar-refractivity contribution < 1.29 is 19.1 Å². The number of hydrogen-bond acceptors (Lipinski definition) is 5. The van der Waals surface area contributed by atoms with Gasteiger partial charge in [-0.05, 0) is 57.2 Å². The lowest BCUT2D eigenvalue weighted by molar-refractivity contribution is 0.101. The highest BCUT2D eigenvalue weighted by Crippen LogP contribution is 2.37. The van der Waals surface area contributed by atoms with Crippen molar-refractivity contribution >= 4 is 17.4 Å². The summed E-state index contributed by atoms with van der Waals surface area (Å²) in [5.41, 5.74) is 4.05. The van der Waals surface area contributed by atoms with Crippen LogP contribution in [-0.4, -0.2) is 28.3 Å². The van der Waals surface area contributed by atoms with E-state index >= 15 is 0 Å². The molecular formula is C21H19N3O4. The third kappa shape index (κ3) is 3.22. The summed E-state index contributed by atoms with van der Waals surface area (Å²) in [4.78, 5) is 24.7. The Bertz CT molecular complexity index is 1080. The Morgan fingerprint density at radius 2 is 1.71 bits per heavy atom. The fraction of sp³-hybridized carbons (Fsp3) is 0.190. The van der Waals surface area contributed by atoms with E-state index in [9.17, 15) is 9.59 Å². The van der Waals surface area contributed by atoms with E-state index in [0.29, 0.717) is 28.3 Å². The van der Waals surface area contributed by atoms with Gasteiger partial charge >= 0.3 is 0 Å². The normalized spacial score (nSPS) is 12.1. The predicted octanol–water partition coefficient (Wildman–Crippen LogP) is 3.67. The van der Waals surface area contributed by atoms with Crippen LogP contribution in [0.5, 0.6) is 11.5 Å². The number of nitrogens with one attached hydrogen (secondary N) is 1. The lowest BCUT2D eigenvalue weighted by Gasteiger charge is -2.11. The van der Waals surface area contributed by atoms with Gasteiger partial charge in [0, 0.05) is 22.9 Å². The van der Waals surface area contributed by atoms with Crippen LogP contribution in [0.2, 0.25) is 0 Å².